The lowest BCUT2D eigenvalue weighted by molar-refractivity contribution is -0.121. The number of aliphatic hydroxyl groups excluding tert-OH is 1. The van der Waals surface area contributed by atoms with Gasteiger partial charge in [-0.25, -0.2) is 0 Å². The van der Waals surface area contributed by atoms with Crippen molar-refractivity contribution in [2.24, 2.45) is 5.92 Å². The first-order chi connectivity index (χ1) is 6.76. The van der Waals surface area contributed by atoms with Crippen molar-refractivity contribution in [2.75, 3.05) is 12.4 Å². The van der Waals surface area contributed by atoms with Gasteiger partial charge < -0.3 is 10.4 Å². The van der Waals surface area contributed by atoms with Crippen LogP contribution in [-0.2, 0) is 4.79 Å². The summed E-state index contributed by atoms with van der Waals surface area (Å²) in [6.45, 7) is 9.97. The van der Waals surface area contributed by atoms with Crippen molar-refractivity contribution in [3.63, 3.8) is 0 Å². The molecule has 2 N–H and O–H groups in total. The van der Waals surface area contributed by atoms with Crippen LogP contribution in [0.5, 0.6) is 0 Å². The molecule has 4 heteroatoms. The molecule has 0 aromatic carbocycles. The second-order valence-electron chi connectivity index (χ2n) is 5.00. The van der Waals surface area contributed by atoms with Gasteiger partial charge in [-0.05, 0) is 39.4 Å². The van der Waals surface area contributed by atoms with Crippen LogP contribution in [0.2, 0.25) is 0 Å². The maximum Gasteiger partial charge on any atom is 0.233 e. The number of carbonyl (C=O) groups is 1. The van der Waals surface area contributed by atoms with Crippen LogP contribution in [0, 0.1) is 5.92 Å². The molecule has 0 radical (unpaired) electrons. The third-order valence-electron chi connectivity index (χ3n) is 1.81. The Morgan fingerprint density at radius 2 is 1.93 bits per heavy atom. The predicted molar refractivity (Wildman–Crippen MR) is 66.1 cm³/mol. The molecule has 90 valence electrons. The van der Waals surface area contributed by atoms with Gasteiger partial charge in [0.1, 0.15) is 0 Å². The lowest BCUT2D eigenvalue weighted by atomic mass is 10.1. The number of rotatable bonds is 5. The van der Waals surface area contributed by atoms with Gasteiger partial charge in [0.2, 0.25) is 5.91 Å². The Kier molecular flexibility index (Phi) is 6.29. The fraction of sp³-hybridized carbons (Fsp3) is 0.909. The molecule has 0 heterocycles. The van der Waals surface area contributed by atoms with Gasteiger partial charge in [-0.15, -0.1) is 11.8 Å². The standard InChI is InChI=1S/C11H23NO2S/c1-8(6-13)7-15-9(2)10(14)12-11(3,4)5/h8-9,13H,6-7H2,1-5H3,(H,12,14). The molecule has 0 saturated carbocycles. The Morgan fingerprint density at radius 1 is 1.40 bits per heavy atom. The van der Waals surface area contributed by atoms with Gasteiger partial charge in [0, 0.05) is 12.1 Å². The highest BCUT2D eigenvalue weighted by atomic mass is 32.2. The summed E-state index contributed by atoms with van der Waals surface area (Å²) >= 11 is 1.59. The van der Waals surface area contributed by atoms with Crippen molar-refractivity contribution >= 4 is 17.7 Å². The molecule has 0 aliphatic carbocycles. The van der Waals surface area contributed by atoms with E-state index in [1.807, 2.05) is 34.6 Å². The molecule has 1 amide bonds. The van der Waals surface area contributed by atoms with Crippen LogP contribution >= 0.6 is 11.8 Å². The minimum atomic E-state index is -0.172. The summed E-state index contributed by atoms with van der Waals surface area (Å²) in [5, 5.41) is 11.7. The molecule has 15 heavy (non-hydrogen) atoms. The third kappa shape index (κ3) is 7.68. The SMILES string of the molecule is CC(CO)CSC(C)C(=O)NC(C)(C)C. The van der Waals surface area contributed by atoms with E-state index in [0.29, 0.717) is 0 Å². The van der Waals surface area contributed by atoms with Crippen molar-refractivity contribution < 1.29 is 9.90 Å². The topological polar surface area (TPSA) is 49.3 Å². The van der Waals surface area contributed by atoms with E-state index >= 15 is 0 Å². The highest BCUT2D eigenvalue weighted by Crippen LogP contribution is 2.15. The van der Waals surface area contributed by atoms with E-state index in [2.05, 4.69) is 5.32 Å². The first-order valence-corrected chi connectivity index (χ1v) is 6.35. The number of nitrogens with one attached hydrogen (secondary N) is 1. The Labute approximate surface area is 97.0 Å². The summed E-state index contributed by atoms with van der Waals surface area (Å²) < 4.78 is 0. The van der Waals surface area contributed by atoms with Gasteiger partial charge in [-0.2, -0.15) is 0 Å². The molecule has 3 nitrogen and oxygen atoms in total. The van der Waals surface area contributed by atoms with Crippen molar-refractivity contribution in [3.05, 3.63) is 0 Å². The molecule has 0 rings (SSSR count). The van der Waals surface area contributed by atoms with E-state index < -0.39 is 0 Å². The van der Waals surface area contributed by atoms with Crippen LogP contribution in [0.3, 0.4) is 0 Å². The molecule has 0 aromatic rings. The van der Waals surface area contributed by atoms with Crippen LogP contribution in [0.15, 0.2) is 0 Å². The zero-order valence-electron chi connectivity index (χ0n) is 10.3. The normalized spacial score (nSPS) is 15.9. The smallest absolute Gasteiger partial charge is 0.233 e. The summed E-state index contributed by atoms with van der Waals surface area (Å²) in [5.41, 5.74) is -0.172. The third-order valence-corrected chi connectivity index (χ3v) is 3.29. The second-order valence-corrected chi connectivity index (χ2v) is 6.38. The van der Waals surface area contributed by atoms with Crippen molar-refractivity contribution in [2.45, 2.75) is 45.4 Å². The summed E-state index contributed by atoms with van der Waals surface area (Å²) in [4.78, 5) is 11.7. The maximum absolute atomic E-state index is 11.7. The van der Waals surface area contributed by atoms with Crippen molar-refractivity contribution in [3.8, 4) is 0 Å². The zero-order valence-corrected chi connectivity index (χ0v) is 11.1. The van der Waals surface area contributed by atoms with Crippen LogP contribution in [0.25, 0.3) is 0 Å². The molecule has 0 fully saturated rings. The number of amides is 1. The monoisotopic (exact) mass is 233 g/mol. The van der Waals surface area contributed by atoms with E-state index in [1.165, 1.54) is 0 Å². The summed E-state index contributed by atoms with van der Waals surface area (Å²) in [5.74, 6) is 1.13. The number of hydrogen-bond acceptors (Lipinski definition) is 3. The highest BCUT2D eigenvalue weighted by Gasteiger charge is 2.19. The largest absolute Gasteiger partial charge is 0.396 e. The molecule has 0 spiro atoms. The van der Waals surface area contributed by atoms with Crippen molar-refractivity contribution in [1.29, 1.82) is 0 Å². The lowest BCUT2D eigenvalue weighted by Crippen LogP contribution is -2.44. The lowest BCUT2D eigenvalue weighted by Gasteiger charge is -2.23. The molecule has 2 atom stereocenters. The number of aliphatic hydroxyl groups is 1. The van der Waals surface area contributed by atoms with Crippen molar-refractivity contribution in [1.82, 2.24) is 5.32 Å². The molecule has 0 aliphatic rings. The van der Waals surface area contributed by atoms with Crippen LogP contribution < -0.4 is 5.32 Å². The Hall–Kier alpha value is -0.220. The quantitative estimate of drug-likeness (QED) is 0.759. The Morgan fingerprint density at radius 3 is 2.33 bits per heavy atom. The Bertz CT molecular complexity index is 201. The maximum atomic E-state index is 11.7. The zero-order chi connectivity index (χ0) is 12.1. The molecular formula is C11H23NO2S. The van der Waals surface area contributed by atoms with E-state index in [4.69, 9.17) is 5.11 Å². The fourth-order valence-electron chi connectivity index (χ4n) is 0.908. The minimum absolute atomic E-state index is 0.0572. The van der Waals surface area contributed by atoms with E-state index in [0.717, 1.165) is 5.75 Å². The van der Waals surface area contributed by atoms with Gasteiger partial charge in [0.05, 0.1) is 5.25 Å². The molecule has 0 bridgehead atoms. The number of thioether (sulfide) groups is 1. The van der Waals surface area contributed by atoms with E-state index in [9.17, 15) is 4.79 Å². The second kappa shape index (κ2) is 6.38. The van der Waals surface area contributed by atoms with Crippen LogP contribution in [0.1, 0.15) is 34.6 Å². The molecule has 0 saturated heterocycles. The number of carbonyl (C=O) groups excluding carboxylic acids is 1. The predicted octanol–water partition coefficient (Wildman–Crippen LogP) is 1.65. The first kappa shape index (κ1) is 14.8. The fourth-order valence-corrected chi connectivity index (χ4v) is 1.84. The summed E-state index contributed by atoms with van der Waals surface area (Å²) in [6, 6.07) is 0. The van der Waals surface area contributed by atoms with Gasteiger partial charge >= 0.3 is 0 Å². The highest BCUT2D eigenvalue weighted by molar-refractivity contribution is 8.00. The van der Waals surface area contributed by atoms with Gasteiger partial charge in [0.25, 0.3) is 0 Å². The Balaban J connectivity index is 3.90. The van der Waals surface area contributed by atoms with Gasteiger partial charge in [-0.3, -0.25) is 4.79 Å². The first-order valence-electron chi connectivity index (χ1n) is 5.30. The minimum Gasteiger partial charge on any atom is -0.396 e. The summed E-state index contributed by atoms with van der Waals surface area (Å²) in [6.07, 6.45) is 0. The molecule has 0 aliphatic heterocycles. The molecule has 2 unspecified atom stereocenters. The number of hydrogen-bond donors (Lipinski definition) is 2. The van der Waals surface area contributed by atoms with E-state index in [1.54, 1.807) is 11.8 Å². The van der Waals surface area contributed by atoms with Gasteiger partial charge in [-0.1, -0.05) is 6.92 Å². The van der Waals surface area contributed by atoms with E-state index in [-0.39, 0.29) is 29.2 Å². The average molecular weight is 233 g/mol. The average Bonchev–Trinajstić information content (AvgIpc) is 2.10. The van der Waals surface area contributed by atoms with Gasteiger partial charge in [0.15, 0.2) is 0 Å². The summed E-state index contributed by atoms with van der Waals surface area (Å²) in [7, 11) is 0. The molecule has 0 aromatic heterocycles. The van der Waals surface area contributed by atoms with Crippen LogP contribution in [0.4, 0.5) is 0 Å². The molecular weight excluding hydrogens is 210 g/mol. The van der Waals surface area contributed by atoms with Crippen LogP contribution in [-0.4, -0.2) is 34.2 Å².